The van der Waals surface area contributed by atoms with E-state index in [0.29, 0.717) is 6.61 Å². The largest absolute Gasteiger partial charge is 0.463 e. The minimum Gasteiger partial charge on any atom is -0.463 e. The Bertz CT molecular complexity index is 624. The van der Waals surface area contributed by atoms with E-state index in [1.165, 1.54) is 10.4 Å². The van der Waals surface area contributed by atoms with Gasteiger partial charge >= 0.3 is 5.97 Å². The van der Waals surface area contributed by atoms with Crippen LogP contribution >= 0.6 is 0 Å². The maximum atomic E-state index is 12.3. The van der Waals surface area contributed by atoms with Crippen LogP contribution in [0.15, 0.2) is 40.8 Å². The lowest BCUT2D eigenvalue weighted by Crippen LogP contribution is -2.44. The highest BCUT2D eigenvalue weighted by Crippen LogP contribution is 2.24. The first-order valence-corrected chi connectivity index (χ1v) is 7.80. The van der Waals surface area contributed by atoms with E-state index in [0.717, 1.165) is 11.1 Å². The second-order valence-electron chi connectivity index (χ2n) is 4.64. The van der Waals surface area contributed by atoms with E-state index in [-0.39, 0.29) is 18.0 Å². The van der Waals surface area contributed by atoms with Crippen LogP contribution in [0.4, 0.5) is 0 Å². The molecule has 1 heterocycles. The van der Waals surface area contributed by atoms with Crippen LogP contribution in [0.1, 0.15) is 12.5 Å². The van der Waals surface area contributed by atoms with E-state index < -0.39 is 16.0 Å². The van der Waals surface area contributed by atoms with Gasteiger partial charge in [-0.1, -0.05) is 17.7 Å². The van der Waals surface area contributed by atoms with Crippen molar-refractivity contribution in [1.29, 1.82) is 0 Å². The van der Waals surface area contributed by atoms with E-state index in [1.54, 1.807) is 31.2 Å². The van der Waals surface area contributed by atoms with Crippen LogP contribution in [0, 0.1) is 6.92 Å². The lowest BCUT2D eigenvalue weighted by molar-refractivity contribution is -0.137. The highest BCUT2D eigenvalue weighted by atomic mass is 32.2. The van der Waals surface area contributed by atoms with Crippen LogP contribution in [0.5, 0.6) is 0 Å². The summed E-state index contributed by atoms with van der Waals surface area (Å²) in [5, 5.41) is 0. The molecule has 1 fully saturated rings. The summed E-state index contributed by atoms with van der Waals surface area (Å²) in [5.41, 5.74) is 1.77. The standard InChI is InChI=1S/C14H17NO4S/c1-3-19-14(16)8-12-9-15(10-12)20(17,18)13-6-4-11(2)5-7-13/h4-8H,3,9-10H2,1-2H3. The van der Waals surface area contributed by atoms with Gasteiger partial charge in [0.25, 0.3) is 0 Å². The average Bonchev–Trinajstić information content (AvgIpc) is 2.34. The van der Waals surface area contributed by atoms with E-state index >= 15 is 0 Å². The van der Waals surface area contributed by atoms with Crippen LogP contribution in [0.25, 0.3) is 0 Å². The summed E-state index contributed by atoms with van der Waals surface area (Å²) in [5.74, 6) is -0.421. The summed E-state index contributed by atoms with van der Waals surface area (Å²) >= 11 is 0. The smallest absolute Gasteiger partial charge is 0.330 e. The molecular formula is C14H17NO4S. The molecule has 6 heteroatoms. The summed E-state index contributed by atoms with van der Waals surface area (Å²) in [6, 6.07) is 6.72. The van der Waals surface area contributed by atoms with Crippen molar-refractivity contribution in [3.8, 4) is 0 Å². The Kier molecular flexibility index (Phi) is 4.25. The number of aryl methyl sites for hydroxylation is 1. The minimum absolute atomic E-state index is 0.245. The first kappa shape index (κ1) is 14.7. The van der Waals surface area contributed by atoms with Crippen molar-refractivity contribution in [2.24, 2.45) is 0 Å². The van der Waals surface area contributed by atoms with Gasteiger partial charge in [0.15, 0.2) is 0 Å². The maximum absolute atomic E-state index is 12.3. The molecule has 0 radical (unpaired) electrons. The van der Waals surface area contributed by atoms with Crippen molar-refractivity contribution < 1.29 is 17.9 Å². The Morgan fingerprint density at radius 1 is 1.30 bits per heavy atom. The van der Waals surface area contributed by atoms with Gasteiger partial charge in [-0.25, -0.2) is 13.2 Å². The molecule has 0 N–H and O–H groups in total. The fourth-order valence-electron chi connectivity index (χ4n) is 1.88. The second kappa shape index (κ2) is 5.76. The molecule has 0 bridgehead atoms. The van der Waals surface area contributed by atoms with Gasteiger partial charge in [-0.15, -0.1) is 0 Å². The molecule has 1 aliphatic rings. The van der Waals surface area contributed by atoms with Gasteiger partial charge in [0.05, 0.1) is 11.5 Å². The molecule has 1 aromatic rings. The van der Waals surface area contributed by atoms with Crippen molar-refractivity contribution in [2.75, 3.05) is 19.7 Å². The zero-order valence-electron chi connectivity index (χ0n) is 11.5. The van der Waals surface area contributed by atoms with E-state index in [1.807, 2.05) is 6.92 Å². The summed E-state index contributed by atoms with van der Waals surface area (Å²) in [6.45, 7) is 4.43. The van der Waals surface area contributed by atoms with Crippen molar-refractivity contribution in [1.82, 2.24) is 4.31 Å². The van der Waals surface area contributed by atoms with E-state index in [9.17, 15) is 13.2 Å². The zero-order chi connectivity index (χ0) is 14.8. The molecule has 20 heavy (non-hydrogen) atoms. The SMILES string of the molecule is CCOC(=O)C=C1CN(S(=O)(=O)c2ccc(C)cc2)C1. The number of carbonyl (C=O) groups is 1. The maximum Gasteiger partial charge on any atom is 0.330 e. The molecule has 1 aliphatic heterocycles. The van der Waals surface area contributed by atoms with Crippen molar-refractivity contribution in [2.45, 2.75) is 18.7 Å². The van der Waals surface area contributed by atoms with Crippen molar-refractivity contribution in [3.63, 3.8) is 0 Å². The van der Waals surface area contributed by atoms with Crippen LogP contribution < -0.4 is 0 Å². The second-order valence-corrected chi connectivity index (χ2v) is 6.58. The summed E-state index contributed by atoms with van der Waals surface area (Å²) in [4.78, 5) is 11.5. The fourth-order valence-corrected chi connectivity index (χ4v) is 3.33. The normalized spacial score (nSPS) is 15.6. The molecule has 5 nitrogen and oxygen atoms in total. The Morgan fingerprint density at radius 2 is 1.90 bits per heavy atom. The minimum atomic E-state index is -3.46. The number of carbonyl (C=O) groups excluding carboxylic acids is 1. The third-order valence-electron chi connectivity index (χ3n) is 3.03. The molecular weight excluding hydrogens is 278 g/mol. The number of benzene rings is 1. The van der Waals surface area contributed by atoms with Crippen LogP contribution in [-0.4, -0.2) is 38.4 Å². The monoisotopic (exact) mass is 295 g/mol. The molecule has 2 rings (SSSR count). The first-order valence-electron chi connectivity index (χ1n) is 6.36. The number of rotatable bonds is 4. The van der Waals surface area contributed by atoms with Crippen molar-refractivity contribution in [3.05, 3.63) is 41.5 Å². The summed E-state index contributed by atoms with van der Waals surface area (Å²) in [7, 11) is -3.46. The van der Waals surface area contributed by atoms with Gasteiger partial charge in [-0.2, -0.15) is 4.31 Å². The molecule has 0 unspecified atom stereocenters. The molecule has 108 valence electrons. The van der Waals surface area contributed by atoms with Gasteiger partial charge in [-0.3, -0.25) is 0 Å². The predicted octanol–water partition coefficient (Wildman–Crippen LogP) is 1.49. The third kappa shape index (κ3) is 3.08. The lowest BCUT2D eigenvalue weighted by atomic mass is 10.1. The van der Waals surface area contributed by atoms with Crippen LogP contribution in [-0.2, 0) is 19.6 Å². The highest BCUT2D eigenvalue weighted by molar-refractivity contribution is 7.89. The molecule has 0 spiro atoms. The molecule has 1 saturated heterocycles. The van der Waals surface area contributed by atoms with Gasteiger partial charge < -0.3 is 4.74 Å². The molecule has 0 saturated carbocycles. The Balaban J connectivity index is 2.05. The number of hydrogen-bond acceptors (Lipinski definition) is 4. The Labute approximate surface area is 118 Å². The number of ether oxygens (including phenoxy) is 1. The molecule has 0 aliphatic carbocycles. The quantitative estimate of drug-likeness (QED) is 0.623. The molecule has 0 aromatic heterocycles. The average molecular weight is 295 g/mol. The van der Waals surface area contributed by atoms with Gasteiger partial charge in [0, 0.05) is 19.2 Å². The van der Waals surface area contributed by atoms with Crippen LogP contribution in [0.2, 0.25) is 0 Å². The number of nitrogens with zero attached hydrogens (tertiary/aromatic N) is 1. The first-order chi connectivity index (χ1) is 9.43. The van der Waals surface area contributed by atoms with E-state index in [2.05, 4.69) is 0 Å². The van der Waals surface area contributed by atoms with Crippen LogP contribution in [0.3, 0.4) is 0 Å². The lowest BCUT2D eigenvalue weighted by Gasteiger charge is -2.32. The fraction of sp³-hybridized carbons (Fsp3) is 0.357. The Morgan fingerprint density at radius 3 is 2.45 bits per heavy atom. The number of hydrogen-bond donors (Lipinski definition) is 0. The molecule has 0 atom stereocenters. The Hall–Kier alpha value is -1.66. The van der Waals surface area contributed by atoms with Crippen molar-refractivity contribution >= 4 is 16.0 Å². The summed E-state index contributed by atoms with van der Waals surface area (Å²) in [6.07, 6.45) is 1.37. The van der Waals surface area contributed by atoms with Gasteiger partial charge in [0.2, 0.25) is 10.0 Å². The molecule has 1 aromatic carbocycles. The van der Waals surface area contributed by atoms with Gasteiger partial charge in [0.1, 0.15) is 0 Å². The predicted molar refractivity (Wildman–Crippen MR) is 74.7 cm³/mol. The third-order valence-corrected chi connectivity index (χ3v) is 4.83. The zero-order valence-corrected chi connectivity index (χ0v) is 12.3. The highest BCUT2D eigenvalue weighted by Gasteiger charge is 2.33. The number of sulfonamides is 1. The van der Waals surface area contributed by atoms with E-state index in [4.69, 9.17) is 4.74 Å². The number of esters is 1. The molecule has 0 amide bonds. The van der Waals surface area contributed by atoms with Gasteiger partial charge in [-0.05, 0) is 31.6 Å². The summed E-state index contributed by atoms with van der Waals surface area (Å²) < 4.78 is 30.7. The topological polar surface area (TPSA) is 63.7 Å².